The van der Waals surface area contributed by atoms with Gasteiger partial charge in [0.05, 0.1) is 13.1 Å². The molecule has 0 aromatic carbocycles. The van der Waals surface area contributed by atoms with Crippen LogP contribution in [0.2, 0.25) is 0 Å². The van der Waals surface area contributed by atoms with E-state index in [1.807, 2.05) is 0 Å². The highest BCUT2D eigenvalue weighted by atomic mass is 19.4. The zero-order valence-electron chi connectivity index (χ0n) is 19.7. The number of halogens is 18. The maximum atomic E-state index is 12.0. The first-order valence-corrected chi connectivity index (χ1v) is 9.70. The number of ether oxygens (including phenoxy) is 2. The predicted molar refractivity (Wildman–Crippen MR) is 104 cm³/mol. The minimum atomic E-state index is -5.37. The van der Waals surface area contributed by atoms with Crippen molar-refractivity contribution in [1.29, 1.82) is 0 Å². The smallest absolute Gasteiger partial charge is 0.340 e. The molecule has 0 aliphatic carbocycles. The van der Waals surface area contributed by atoms with Crippen LogP contribution in [0.25, 0.3) is 0 Å². The van der Waals surface area contributed by atoms with Gasteiger partial charge in [0.25, 0.3) is 6.36 Å². The van der Waals surface area contributed by atoms with Crippen molar-refractivity contribution in [2.24, 2.45) is 0 Å². The first-order valence-electron chi connectivity index (χ1n) is 9.70. The Bertz CT molecular complexity index is 526. The second kappa shape index (κ2) is 26.4. The number of hydrogen-bond donors (Lipinski definition) is 0. The Kier molecular flexibility index (Phi) is 31.7. The van der Waals surface area contributed by atoms with Crippen molar-refractivity contribution in [2.45, 2.75) is 56.4 Å². The van der Waals surface area contributed by atoms with E-state index in [0.29, 0.717) is 0 Å². The van der Waals surface area contributed by atoms with Gasteiger partial charge in [-0.25, -0.2) is 22.0 Å². The van der Waals surface area contributed by atoms with Gasteiger partial charge in [-0.3, -0.25) is 4.39 Å². The van der Waals surface area contributed by atoms with E-state index < -0.39 is 90.2 Å². The Labute approximate surface area is 211 Å². The highest BCUT2D eigenvalue weighted by Gasteiger charge is 2.43. The molecule has 0 bridgehead atoms. The standard InChI is InChI=1S/C6H6F8O2.C5H7F3.C3H4F4.C3H5F.C2H4F2/c7-1-3(5(9,10)11)15-2-16-4(8)6(12,13)14;1-2-3-4-5(6,7)8;4-2-1-3(5,6)7;1-2-3-4;3-1-2-4/h3-4H,1-2H2;2H,1,3-4H2;1-2H2;2H,1,3H2;1-2H2. The second-order valence-corrected chi connectivity index (χ2v) is 5.81. The molecular formula is C19H26F18O2. The summed E-state index contributed by atoms with van der Waals surface area (Å²) in [5.74, 6) is 0. The van der Waals surface area contributed by atoms with Gasteiger partial charge >= 0.3 is 24.7 Å². The lowest BCUT2D eigenvalue weighted by atomic mass is 10.3. The minimum Gasteiger partial charge on any atom is -0.340 e. The molecular weight excluding hydrogens is 602 g/mol. The molecule has 20 heteroatoms. The van der Waals surface area contributed by atoms with E-state index in [4.69, 9.17) is 0 Å². The first kappa shape index (κ1) is 47.0. The third kappa shape index (κ3) is 49.6. The zero-order chi connectivity index (χ0) is 32.3. The molecule has 0 aromatic heterocycles. The van der Waals surface area contributed by atoms with Gasteiger partial charge in [-0.1, -0.05) is 12.2 Å². The van der Waals surface area contributed by atoms with E-state index in [1.165, 1.54) is 12.2 Å². The van der Waals surface area contributed by atoms with Crippen LogP contribution in [0.4, 0.5) is 79.0 Å². The van der Waals surface area contributed by atoms with Gasteiger partial charge in [-0.15, -0.1) is 13.2 Å². The van der Waals surface area contributed by atoms with Gasteiger partial charge in [0.1, 0.15) is 26.7 Å². The molecule has 0 rings (SSSR count). The molecule has 0 heterocycles. The fourth-order valence-electron chi connectivity index (χ4n) is 0.875. The van der Waals surface area contributed by atoms with Crippen LogP contribution in [-0.2, 0) is 9.47 Å². The van der Waals surface area contributed by atoms with Gasteiger partial charge < -0.3 is 9.47 Å². The maximum Gasteiger partial charge on any atom is 0.445 e. The number of alkyl halides is 18. The summed E-state index contributed by atoms with van der Waals surface area (Å²) in [6, 6.07) is 0. The van der Waals surface area contributed by atoms with Crippen LogP contribution >= 0.6 is 0 Å². The van der Waals surface area contributed by atoms with E-state index in [-0.39, 0.29) is 6.42 Å². The van der Waals surface area contributed by atoms with Crippen LogP contribution in [0.5, 0.6) is 0 Å². The molecule has 0 aliphatic rings. The van der Waals surface area contributed by atoms with Gasteiger partial charge in [0.15, 0.2) is 12.9 Å². The predicted octanol–water partition coefficient (Wildman–Crippen LogP) is 9.23. The van der Waals surface area contributed by atoms with E-state index in [2.05, 4.69) is 22.6 Å². The summed E-state index contributed by atoms with van der Waals surface area (Å²) in [5, 5.41) is 0. The maximum absolute atomic E-state index is 12.0. The van der Waals surface area contributed by atoms with Crippen LogP contribution < -0.4 is 0 Å². The fraction of sp³-hybridized carbons (Fsp3) is 0.789. The van der Waals surface area contributed by atoms with E-state index in [9.17, 15) is 79.0 Å². The summed E-state index contributed by atoms with van der Waals surface area (Å²) in [5.41, 5.74) is 0. The molecule has 2 atom stereocenters. The van der Waals surface area contributed by atoms with Crippen LogP contribution in [0.1, 0.15) is 19.3 Å². The SMILES string of the molecule is C=CCCC(F)(F)F.C=CCF.FCC(OCOC(F)C(F)(F)F)C(F)(F)F.FCCC(F)(F)F.FCCF. The summed E-state index contributed by atoms with van der Waals surface area (Å²) in [6.45, 7) is -0.821. The molecule has 0 fully saturated rings. The van der Waals surface area contributed by atoms with E-state index >= 15 is 0 Å². The van der Waals surface area contributed by atoms with Gasteiger partial charge in [0.2, 0.25) is 0 Å². The molecule has 0 amide bonds. The number of hydrogen-bond acceptors (Lipinski definition) is 2. The third-order valence-electron chi connectivity index (χ3n) is 2.44. The summed E-state index contributed by atoms with van der Waals surface area (Å²) in [4.78, 5) is 0. The summed E-state index contributed by atoms with van der Waals surface area (Å²) >= 11 is 0. The summed E-state index contributed by atoms with van der Waals surface area (Å²) < 4.78 is 208. The van der Waals surface area contributed by atoms with Crippen molar-refractivity contribution in [3.63, 3.8) is 0 Å². The molecule has 0 saturated carbocycles. The van der Waals surface area contributed by atoms with Gasteiger partial charge in [-0.05, 0) is 6.42 Å². The molecule has 2 nitrogen and oxygen atoms in total. The first-order chi connectivity index (χ1) is 17.5. The van der Waals surface area contributed by atoms with E-state index in [0.717, 1.165) is 0 Å². The van der Waals surface area contributed by atoms with Crippen LogP contribution in [0, 0.1) is 0 Å². The van der Waals surface area contributed by atoms with Crippen molar-refractivity contribution in [3.05, 3.63) is 25.3 Å². The quantitative estimate of drug-likeness (QED) is 0.137. The molecule has 0 saturated heterocycles. The Morgan fingerprint density at radius 2 is 1.00 bits per heavy atom. The molecule has 240 valence electrons. The molecule has 0 aromatic rings. The minimum absolute atomic E-state index is 0.0174. The van der Waals surface area contributed by atoms with Crippen LogP contribution in [-0.4, -0.2) is 77.3 Å². The van der Waals surface area contributed by atoms with Crippen LogP contribution in [0.3, 0.4) is 0 Å². The van der Waals surface area contributed by atoms with Crippen molar-refractivity contribution >= 4 is 0 Å². The Balaban J connectivity index is -0.000000140. The van der Waals surface area contributed by atoms with Crippen LogP contribution in [0.15, 0.2) is 25.3 Å². The van der Waals surface area contributed by atoms with Gasteiger partial charge in [-0.2, -0.15) is 52.7 Å². The average Bonchev–Trinajstić information content (AvgIpc) is 2.78. The van der Waals surface area contributed by atoms with Gasteiger partial charge in [0, 0.05) is 6.42 Å². The Morgan fingerprint density at radius 1 is 0.590 bits per heavy atom. The molecule has 0 N–H and O–H groups in total. The lowest BCUT2D eigenvalue weighted by Crippen LogP contribution is -2.36. The number of allylic oxidation sites excluding steroid dienone is 2. The van der Waals surface area contributed by atoms with Crippen molar-refractivity contribution < 1.29 is 88.5 Å². The molecule has 2 unspecified atom stereocenters. The summed E-state index contributed by atoms with van der Waals surface area (Å²) in [6.07, 6.45) is -25.1. The molecule has 0 aliphatic heterocycles. The highest BCUT2D eigenvalue weighted by molar-refractivity contribution is 4.68. The third-order valence-corrected chi connectivity index (χ3v) is 2.44. The topological polar surface area (TPSA) is 18.5 Å². The lowest BCUT2D eigenvalue weighted by Gasteiger charge is -2.19. The monoisotopic (exact) mass is 628 g/mol. The molecule has 39 heavy (non-hydrogen) atoms. The molecule has 0 radical (unpaired) electrons. The molecule has 0 spiro atoms. The van der Waals surface area contributed by atoms with E-state index in [1.54, 1.807) is 0 Å². The fourth-order valence-corrected chi connectivity index (χ4v) is 0.875. The second-order valence-electron chi connectivity index (χ2n) is 5.81. The number of rotatable bonds is 10. The average molecular weight is 628 g/mol. The Hall–Kier alpha value is -1.86. The van der Waals surface area contributed by atoms with Crippen molar-refractivity contribution in [1.82, 2.24) is 0 Å². The Morgan fingerprint density at radius 3 is 1.15 bits per heavy atom. The highest BCUT2D eigenvalue weighted by Crippen LogP contribution is 2.26. The summed E-state index contributed by atoms with van der Waals surface area (Å²) in [7, 11) is 0. The van der Waals surface area contributed by atoms with Crippen molar-refractivity contribution in [2.75, 3.05) is 40.2 Å². The normalized spacial score (nSPS) is 13.0. The lowest BCUT2D eigenvalue weighted by molar-refractivity contribution is -0.306. The van der Waals surface area contributed by atoms with Crippen molar-refractivity contribution in [3.8, 4) is 0 Å². The zero-order valence-corrected chi connectivity index (χ0v) is 19.7. The largest absolute Gasteiger partial charge is 0.445 e.